The van der Waals surface area contributed by atoms with Crippen LogP contribution in [0.2, 0.25) is 5.02 Å². The summed E-state index contributed by atoms with van der Waals surface area (Å²) in [5, 5.41) is 3.91. The predicted octanol–water partition coefficient (Wildman–Crippen LogP) is 6.16. The first-order valence-corrected chi connectivity index (χ1v) is 12.2. The second-order valence-corrected chi connectivity index (χ2v) is 9.15. The summed E-state index contributed by atoms with van der Waals surface area (Å²) in [4.78, 5) is 32.5. The number of anilines is 1. The minimum atomic E-state index is -0.383. The lowest BCUT2D eigenvalue weighted by Gasteiger charge is -2.15. The van der Waals surface area contributed by atoms with Gasteiger partial charge in [-0.25, -0.2) is 0 Å². The normalized spacial score (nSPS) is 15.3. The number of rotatable bonds is 8. The van der Waals surface area contributed by atoms with E-state index in [1.807, 2.05) is 48.5 Å². The molecule has 0 spiro atoms. The largest absolute Gasteiger partial charge is 0.322 e. The number of amidine groups is 1. The molecule has 1 aliphatic heterocycles. The van der Waals surface area contributed by atoms with Crippen LogP contribution in [0.25, 0.3) is 0 Å². The van der Waals surface area contributed by atoms with E-state index >= 15 is 0 Å². The van der Waals surface area contributed by atoms with Crippen molar-refractivity contribution in [3.8, 4) is 0 Å². The molecule has 0 radical (unpaired) electrons. The van der Waals surface area contributed by atoms with E-state index in [4.69, 9.17) is 16.6 Å². The summed E-state index contributed by atoms with van der Waals surface area (Å²) in [5.74, 6) is -0.590. The van der Waals surface area contributed by atoms with Crippen LogP contribution in [0.4, 0.5) is 5.69 Å². The number of benzene rings is 3. The number of hydrogen-bond acceptors (Lipinski definition) is 4. The van der Waals surface area contributed by atoms with Crippen molar-refractivity contribution < 1.29 is 9.59 Å². The lowest BCUT2D eigenvalue weighted by Crippen LogP contribution is -2.31. The first-order valence-electron chi connectivity index (χ1n) is 11.0. The summed E-state index contributed by atoms with van der Waals surface area (Å²) in [6.45, 7) is 1.05. The fourth-order valence-corrected chi connectivity index (χ4v) is 4.69. The van der Waals surface area contributed by atoms with E-state index in [-0.39, 0.29) is 28.8 Å². The molecule has 3 aromatic rings. The van der Waals surface area contributed by atoms with Crippen LogP contribution >= 0.6 is 40.3 Å². The molecule has 8 heteroatoms. The predicted molar refractivity (Wildman–Crippen MR) is 150 cm³/mol. The smallest absolute Gasteiger partial charge is 0.266 e. The van der Waals surface area contributed by atoms with Crippen molar-refractivity contribution in [1.29, 1.82) is 0 Å². The van der Waals surface area contributed by atoms with Crippen LogP contribution in [0, 0.1) is 0 Å². The van der Waals surface area contributed by atoms with Crippen molar-refractivity contribution in [3.05, 3.63) is 112 Å². The Morgan fingerprint density at radius 1 is 0.943 bits per heavy atom. The molecule has 180 valence electrons. The molecule has 1 N–H and O–H groups in total. The summed E-state index contributed by atoms with van der Waals surface area (Å²) >= 11 is 7.23. The van der Waals surface area contributed by atoms with Crippen molar-refractivity contribution >= 4 is 63.0 Å². The van der Waals surface area contributed by atoms with E-state index in [0.717, 1.165) is 12.0 Å². The molecule has 1 saturated heterocycles. The number of thioether (sulfide) groups is 1. The van der Waals surface area contributed by atoms with Gasteiger partial charge in [0.15, 0.2) is 5.17 Å². The molecule has 0 atom stereocenters. The molecule has 1 fully saturated rings. The molecule has 0 bridgehead atoms. The molecule has 35 heavy (non-hydrogen) atoms. The van der Waals surface area contributed by atoms with Crippen molar-refractivity contribution in [1.82, 2.24) is 4.90 Å². The fourth-order valence-electron chi connectivity index (χ4n) is 3.50. The summed E-state index contributed by atoms with van der Waals surface area (Å²) in [5.41, 5.74) is 2.90. The Kier molecular flexibility index (Phi) is 10.1. The molecule has 4 rings (SSSR count). The molecule has 0 unspecified atom stereocenters. The van der Waals surface area contributed by atoms with Gasteiger partial charge in [0, 0.05) is 29.9 Å². The molecule has 0 aromatic heterocycles. The second-order valence-electron chi connectivity index (χ2n) is 7.70. The van der Waals surface area contributed by atoms with Crippen LogP contribution in [0.5, 0.6) is 0 Å². The standard InChI is InChI=1S/C27H24ClN3O2S.BrH/c28-22-12-7-13-23(18-22)30-25(32)19-24-26(33)31(17-15-21-10-5-2-6-11-21)27(34-24)29-16-14-20-8-3-1-4-9-20;/h1-13,18-19H,14-17H2,(H,30,32);1H/b24-19+,29-27?;. The number of nitrogens with one attached hydrogen (secondary N) is 1. The lowest BCUT2D eigenvalue weighted by atomic mass is 10.1. The molecule has 1 heterocycles. The maximum absolute atomic E-state index is 13.2. The lowest BCUT2D eigenvalue weighted by molar-refractivity contribution is -0.122. The summed E-state index contributed by atoms with van der Waals surface area (Å²) in [6, 6.07) is 27.0. The van der Waals surface area contributed by atoms with Gasteiger partial charge in [-0.2, -0.15) is 0 Å². The zero-order valence-electron chi connectivity index (χ0n) is 18.9. The van der Waals surface area contributed by atoms with Crippen LogP contribution in [0.15, 0.2) is 101 Å². The van der Waals surface area contributed by atoms with Crippen LogP contribution in [-0.4, -0.2) is 35.0 Å². The fraction of sp³-hybridized carbons (Fsp3) is 0.148. The van der Waals surface area contributed by atoms with Crippen molar-refractivity contribution in [3.63, 3.8) is 0 Å². The number of carbonyl (C=O) groups is 2. The Balaban J connectivity index is 0.00000342. The summed E-state index contributed by atoms with van der Waals surface area (Å²) in [7, 11) is 0. The molecular weight excluding hydrogens is 546 g/mol. The molecule has 0 aliphatic carbocycles. The third kappa shape index (κ3) is 7.82. The highest BCUT2D eigenvalue weighted by atomic mass is 79.9. The van der Waals surface area contributed by atoms with Gasteiger partial charge >= 0.3 is 0 Å². The van der Waals surface area contributed by atoms with Gasteiger partial charge in [-0.15, -0.1) is 17.0 Å². The summed E-state index contributed by atoms with van der Waals surface area (Å²) < 4.78 is 0. The molecule has 1 aliphatic rings. The van der Waals surface area contributed by atoms with Crippen molar-refractivity contribution in [2.24, 2.45) is 4.99 Å². The van der Waals surface area contributed by atoms with E-state index in [9.17, 15) is 9.59 Å². The first kappa shape index (κ1) is 26.7. The highest BCUT2D eigenvalue weighted by Crippen LogP contribution is 2.31. The van der Waals surface area contributed by atoms with E-state index in [2.05, 4.69) is 17.4 Å². The van der Waals surface area contributed by atoms with Crippen molar-refractivity contribution in [2.45, 2.75) is 12.8 Å². The molecule has 0 saturated carbocycles. The molecule has 2 amide bonds. The first-order chi connectivity index (χ1) is 16.6. The third-order valence-electron chi connectivity index (χ3n) is 5.20. The zero-order chi connectivity index (χ0) is 23.8. The highest BCUT2D eigenvalue weighted by Gasteiger charge is 2.33. The Morgan fingerprint density at radius 2 is 1.60 bits per heavy atom. The van der Waals surface area contributed by atoms with E-state index in [1.54, 1.807) is 29.2 Å². The van der Waals surface area contributed by atoms with Crippen LogP contribution in [0.1, 0.15) is 11.1 Å². The maximum Gasteiger partial charge on any atom is 0.266 e. The van der Waals surface area contributed by atoms with Gasteiger partial charge in [0.25, 0.3) is 5.91 Å². The number of halogens is 2. The Bertz CT molecular complexity index is 1220. The van der Waals surface area contributed by atoms with Gasteiger partial charge in [-0.1, -0.05) is 78.3 Å². The van der Waals surface area contributed by atoms with Gasteiger partial charge in [-0.3, -0.25) is 19.5 Å². The average molecular weight is 571 g/mol. The van der Waals surface area contributed by atoms with Crippen LogP contribution in [-0.2, 0) is 22.4 Å². The SMILES string of the molecule is Br.O=C(/C=C1/SC(=NCCc2ccccc2)N(CCc2ccccc2)C1=O)Nc1cccc(Cl)c1. The molecular formula is C27H25BrClN3O2S. The Hall–Kier alpha value is -2.87. The monoisotopic (exact) mass is 569 g/mol. The maximum atomic E-state index is 13.2. The average Bonchev–Trinajstić information content (AvgIpc) is 3.13. The van der Waals surface area contributed by atoms with Gasteiger partial charge < -0.3 is 5.32 Å². The van der Waals surface area contributed by atoms with Gasteiger partial charge in [0.1, 0.15) is 0 Å². The molecule has 3 aromatic carbocycles. The van der Waals surface area contributed by atoms with Gasteiger partial charge in [0.2, 0.25) is 5.91 Å². The second kappa shape index (κ2) is 13.3. The Labute approximate surface area is 225 Å². The minimum Gasteiger partial charge on any atom is -0.322 e. The van der Waals surface area contributed by atoms with Crippen LogP contribution in [0.3, 0.4) is 0 Å². The minimum absolute atomic E-state index is 0. The highest BCUT2D eigenvalue weighted by molar-refractivity contribution is 8.93. The topological polar surface area (TPSA) is 61.8 Å². The number of nitrogens with zero attached hydrogens (tertiary/aromatic N) is 2. The third-order valence-corrected chi connectivity index (χ3v) is 6.48. The van der Waals surface area contributed by atoms with Gasteiger partial charge in [0.05, 0.1) is 4.91 Å². The van der Waals surface area contributed by atoms with E-state index in [1.165, 1.54) is 23.4 Å². The van der Waals surface area contributed by atoms with E-state index < -0.39 is 0 Å². The quantitative estimate of drug-likeness (QED) is 0.330. The Morgan fingerprint density at radius 3 is 2.26 bits per heavy atom. The van der Waals surface area contributed by atoms with Gasteiger partial charge in [-0.05, 0) is 53.9 Å². The number of amides is 2. The zero-order valence-corrected chi connectivity index (χ0v) is 22.2. The van der Waals surface area contributed by atoms with Crippen LogP contribution < -0.4 is 5.32 Å². The van der Waals surface area contributed by atoms with Crippen molar-refractivity contribution in [2.75, 3.05) is 18.4 Å². The number of hydrogen-bond donors (Lipinski definition) is 1. The van der Waals surface area contributed by atoms with E-state index in [0.29, 0.717) is 40.3 Å². The number of aliphatic imine (C=N–C) groups is 1. The molecule has 5 nitrogen and oxygen atoms in total. The number of carbonyl (C=O) groups excluding carboxylic acids is 2. The summed E-state index contributed by atoms with van der Waals surface area (Å²) in [6.07, 6.45) is 2.82.